The monoisotopic (exact) mass is 421 g/mol. The Bertz CT molecular complexity index is 936. The second kappa shape index (κ2) is 9.52. The number of rotatable bonds is 6. The maximum atomic E-state index is 13.0. The molecule has 2 saturated heterocycles. The Morgan fingerprint density at radius 2 is 1.77 bits per heavy atom. The van der Waals surface area contributed by atoms with Crippen LogP contribution in [-0.2, 0) is 11.3 Å². The summed E-state index contributed by atoms with van der Waals surface area (Å²) in [7, 11) is 1.61. The maximum Gasteiger partial charge on any atom is 0.253 e. The minimum atomic E-state index is -0.170. The van der Waals surface area contributed by atoms with E-state index in [9.17, 15) is 9.59 Å². The van der Waals surface area contributed by atoms with Crippen LogP contribution in [-0.4, -0.2) is 54.4 Å². The van der Waals surface area contributed by atoms with E-state index in [2.05, 4.69) is 10.2 Å². The normalized spacial score (nSPS) is 18.9. The van der Waals surface area contributed by atoms with E-state index in [-0.39, 0.29) is 17.9 Å². The van der Waals surface area contributed by atoms with E-state index in [1.165, 1.54) is 0 Å². The molecule has 0 aromatic heterocycles. The fourth-order valence-electron chi connectivity index (χ4n) is 4.54. The van der Waals surface area contributed by atoms with Gasteiger partial charge in [-0.25, -0.2) is 0 Å². The Labute approximate surface area is 184 Å². The number of hydrogen-bond donors (Lipinski definition) is 1. The first-order valence-electron chi connectivity index (χ1n) is 11.1. The molecule has 1 atom stereocenters. The lowest BCUT2D eigenvalue weighted by molar-refractivity contribution is -0.120. The summed E-state index contributed by atoms with van der Waals surface area (Å²) in [4.78, 5) is 29.7. The molecule has 31 heavy (non-hydrogen) atoms. The lowest BCUT2D eigenvalue weighted by Crippen LogP contribution is -2.39. The molecule has 2 aromatic rings. The van der Waals surface area contributed by atoms with Gasteiger partial charge in [0, 0.05) is 25.2 Å². The van der Waals surface area contributed by atoms with Crippen molar-refractivity contribution >= 4 is 17.5 Å². The van der Waals surface area contributed by atoms with Gasteiger partial charge >= 0.3 is 0 Å². The molecule has 6 nitrogen and oxygen atoms in total. The Balaban J connectivity index is 1.40. The minimum Gasteiger partial charge on any atom is -0.495 e. The minimum absolute atomic E-state index is 0.00207. The van der Waals surface area contributed by atoms with Crippen LogP contribution in [0.15, 0.2) is 42.5 Å². The molecule has 1 N–H and O–H groups in total. The highest BCUT2D eigenvalue weighted by molar-refractivity contribution is 5.96. The predicted molar refractivity (Wildman–Crippen MR) is 121 cm³/mol. The average molecular weight is 422 g/mol. The number of nitrogens with zero attached hydrogens (tertiary/aromatic N) is 2. The number of methoxy groups -OCH3 is 1. The van der Waals surface area contributed by atoms with Crippen LogP contribution in [0.5, 0.6) is 5.75 Å². The van der Waals surface area contributed by atoms with E-state index in [0.717, 1.165) is 62.0 Å². The number of amides is 2. The van der Waals surface area contributed by atoms with E-state index in [4.69, 9.17) is 4.74 Å². The number of anilines is 1. The van der Waals surface area contributed by atoms with Crippen molar-refractivity contribution in [2.24, 2.45) is 0 Å². The molecule has 2 aliphatic rings. The topological polar surface area (TPSA) is 61.9 Å². The van der Waals surface area contributed by atoms with Gasteiger partial charge < -0.3 is 15.0 Å². The molecule has 0 radical (unpaired) electrons. The summed E-state index contributed by atoms with van der Waals surface area (Å²) in [5.74, 6) is 0.790. The van der Waals surface area contributed by atoms with Crippen molar-refractivity contribution in [1.29, 1.82) is 0 Å². The molecule has 0 bridgehead atoms. The number of likely N-dealkylation sites (tertiary alicyclic amines) is 2. The molecule has 0 aliphatic carbocycles. The van der Waals surface area contributed by atoms with Gasteiger partial charge in [-0.15, -0.1) is 0 Å². The number of ether oxygens (including phenoxy) is 1. The van der Waals surface area contributed by atoms with Crippen molar-refractivity contribution in [2.45, 2.75) is 45.2 Å². The smallest absolute Gasteiger partial charge is 0.253 e. The first-order chi connectivity index (χ1) is 15.0. The summed E-state index contributed by atoms with van der Waals surface area (Å²) >= 11 is 0. The fraction of sp³-hybridized carbons (Fsp3) is 0.440. The highest BCUT2D eigenvalue weighted by atomic mass is 16.5. The van der Waals surface area contributed by atoms with Crippen LogP contribution in [0, 0.1) is 6.92 Å². The summed E-state index contributed by atoms with van der Waals surface area (Å²) in [5.41, 5.74) is 3.64. The number of benzene rings is 2. The third-order valence-electron chi connectivity index (χ3n) is 6.26. The summed E-state index contributed by atoms with van der Waals surface area (Å²) in [6, 6.07) is 13.5. The standard InChI is InChI=1S/C25H31N3O3/c1-18-7-12-23(31-2)21(16-18)26-24(29)22-6-5-15-28(22)17-19-8-10-20(11-9-19)25(30)27-13-3-4-14-27/h7-12,16,22H,3-6,13-15,17H2,1-2H3,(H,26,29). The van der Waals surface area contributed by atoms with E-state index < -0.39 is 0 Å². The summed E-state index contributed by atoms with van der Waals surface area (Å²) in [5, 5.41) is 3.06. The molecule has 2 fully saturated rings. The van der Waals surface area contributed by atoms with Gasteiger partial charge in [0.15, 0.2) is 0 Å². The van der Waals surface area contributed by atoms with Gasteiger partial charge in [-0.05, 0) is 74.5 Å². The number of hydrogen-bond acceptors (Lipinski definition) is 4. The SMILES string of the molecule is COc1ccc(C)cc1NC(=O)C1CCCN1Cc1ccc(C(=O)N2CCCC2)cc1. The lowest BCUT2D eigenvalue weighted by atomic mass is 10.1. The number of carbonyl (C=O) groups is 2. The van der Waals surface area contributed by atoms with Crippen LogP contribution >= 0.6 is 0 Å². The molecule has 6 heteroatoms. The quantitative estimate of drug-likeness (QED) is 0.770. The molecule has 4 rings (SSSR count). The van der Waals surface area contributed by atoms with Crippen molar-refractivity contribution in [3.05, 3.63) is 59.2 Å². The third-order valence-corrected chi connectivity index (χ3v) is 6.26. The van der Waals surface area contributed by atoms with Crippen molar-refractivity contribution in [1.82, 2.24) is 9.80 Å². The molecule has 2 amide bonds. The van der Waals surface area contributed by atoms with Gasteiger partial charge in [-0.2, -0.15) is 0 Å². The zero-order valence-corrected chi connectivity index (χ0v) is 18.4. The van der Waals surface area contributed by atoms with Gasteiger partial charge in [-0.3, -0.25) is 14.5 Å². The van der Waals surface area contributed by atoms with Crippen LogP contribution < -0.4 is 10.1 Å². The van der Waals surface area contributed by atoms with Crippen LogP contribution in [0.25, 0.3) is 0 Å². The third kappa shape index (κ3) is 4.90. The van der Waals surface area contributed by atoms with Gasteiger partial charge in [0.1, 0.15) is 5.75 Å². The van der Waals surface area contributed by atoms with E-state index in [0.29, 0.717) is 18.0 Å². The summed E-state index contributed by atoms with van der Waals surface area (Å²) in [6.07, 6.45) is 4.02. The Morgan fingerprint density at radius 1 is 1.03 bits per heavy atom. The molecule has 2 aromatic carbocycles. The summed E-state index contributed by atoms with van der Waals surface area (Å²) < 4.78 is 5.39. The first-order valence-corrected chi connectivity index (χ1v) is 11.1. The van der Waals surface area contributed by atoms with Crippen LogP contribution in [0.1, 0.15) is 47.2 Å². The maximum absolute atomic E-state index is 13.0. The second-order valence-corrected chi connectivity index (χ2v) is 8.52. The van der Waals surface area contributed by atoms with Crippen molar-refractivity contribution in [2.75, 3.05) is 32.1 Å². The Morgan fingerprint density at radius 3 is 2.48 bits per heavy atom. The highest BCUT2D eigenvalue weighted by Crippen LogP contribution is 2.27. The zero-order valence-electron chi connectivity index (χ0n) is 18.4. The zero-order chi connectivity index (χ0) is 21.8. The first kappa shape index (κ1) is 21.4. The van der Waals surface area contributed by atoms with E-state index >= 15 is 0 Å². The molecule has 164 valence electrons. The molecule has 2 aliphatic heterocycles. The second-order valence-electron chi connectivity index (χ2n) is 8.52. The van der Waals surface area contributed by atoms with Crippen LogP contribution in [0.4, 0.5) is 5.69 Å². The summed E-state index contributed by atoms with van der Waals surface area (Å²) in [6.45, 7) is 5.29. The number of aryl methyl sites for hydroxylation is 1. The van der Waals surface area contributed by atoms with Crippen molar-refractivity contribution < 1.29 is 14.3 Å². The van der Waals surface area contributed by atoms with Crippen LogP contribution in [0.3, 0.4) is 0 Å². The lowest BCUT2D eigenvalue weighted by Gasteiger charge is -2.24. The van der Waals surface area contributed by atoms with Crippen LogP contribution in [0.2, 0.25) is 0 Å². The van der Waals surface area contributed by atoms with E-state index in [1.807, 2.05) is 54.3 Å². The average Bonchev–Trinajstić information content (AvgIpc) is 3.46. The van der Waals surface area contributed by atoms with Crippen molar-refractivity contribution in [3.8, 4) is 5.75 Å². The molecular formula is C25H31N3O3. The Hall–Kier alpha value is -2.86. The number of carbonyl (C=O) groups excluding carboxylic acids is 2. The van der Waals surface area contributed by atoms with Gasteiger partial charge in [0.25, 0.3) is 5.91 Å². The van der Waals surface area contributed by atoms with Gasteiger partial charge in [0.05, 0.1) is 18.8 Å². The molecule has 1 unspecified atom stereocenters. The molecule has 0 saturated carbocycles. The molecule has 2 heterocycles. The van der Waals surface area contributed by atoms with Crippen molar-refractivity contribution in [3.63, 3.8) is 0 Å². The largest absolute Gasteiger partial charge is 0.495 e. The predicted octanol–water partition coefficient (Wildman–Crippen LogP) is 3.84. The Kier molecular flexibility index (Phi) is 6.56. The van der Waals surface area contributed by atoms with Gasteiger partial charge in [0.2, 0.25) is 5.91 Å². The van der Waals surface area contributed by atoms with Gasteiger partial charge in [-0.1, -0.05) is 18.2 Å². The fourth-order valence-corrected chi connectivity index (χ4v) is 4.54. The number of nitrogens with one attached hydrogen (secondary N) is 1. The highest BCUT2D eigenvalue weighted by Gasteiger charge is 2.31. The molecular weight excluding hydrogens is 390 g/mol. The van der Waals surface area contributed by atoms with E-state index in [1.54, 1.807) is 7.11 Å². The molecule has 0 spiro atoms.